The first-order valence-electron chi connectivity index (χ1n) is 8.49. The van der Waals surface area contributed by atoms with E-state index in [1.54, 1.807) is 48.5 Å². The topological polar surface area (TPSA) is 79.2 Å². The number of rotatable bonds is 7. The molecule has 0 aliphatic heterocycles. The van der Waals surface area contributed by atoms with E-state index in [0.717, 1.165) is 12.8 Å². The second kappa shape index (κ2) is 10.1. The summed E-state index contributed by atoms with van der Waals surface area (Å²) in [5, 5.41) is 12.5. The van der Waals surface area contributed by atoms with Crippen molar-refractivity contribution >= 4 is 35.2 Å². The lowest BCUT2D eigenvalue weighted by molar-refractivity contribution is -0.112. The van der Waals surface area contributed by atoms with Gasteiger partial charge in [-0.15, -0.1) is 0 Å². The number of carbonyl (C=O) groups is 2. The maximum Gasteiger partial charge on any atom is 0.338 e. The van der Waals surface area contributed by atoms with Crippen molar-refractivity contribution in [1.82, 2.24) is 0 Å². The minimum absolute atomic E-state index is 0.0413. The van der Waals surface area contributed by atoms with E-state index in [1.807, 2.05) is 13.0 Å². The van der Waals surface area contributed by atoms with Gasteiger partial charge in [0.25, 0.3) is 5.91 Å². The summed E-state index contributed by atoms with van der Waals surface area (Å²) in [4.78, 5) is 24.2. The highest BCUT2D eigenvalue weighted by Crippen LogP contribution is 2.15. The van der Waals surface area contributed by atoms with Crippen molar-refractivity contribution < 1.29 is 14.3 Å². The Morgan fingerprint density at radius 1 is 1.15 bits per heavy atom. The quantitative estimate of drug-likeness (QED) is 0.321. The van der Waals surface area contributed by atoms with Crippen LogP contribution in [0, 0.1) is 11.3 Å². The zero-order chi connectivity index (χ0) is 19.6. The molecule has 2 aromatic rings. The van der Waals surface area contributed by atoms with Crippen molar-refractivity contribution in [2.45, 2.75) is 19.8 Å². The van der Waals surface area contributed by atoms with Crippen molar-refractivity contribution in [2.75, 3.05) is 11.9 Å². The van der Waals surface area contributed by atoms with Gasteiger partial charge in [-0.25, -0.2) is 4.79 Å². The molecule has 1 amide bonds. The predicted molar refractivity (Wildman–Crippen MR) is 105 cm³/mol. The number of hydrogen-bond acceptors (Lipinski definition) is 4. The molecule has 0 aliphatic carbocycles. The third kappa shape index (κ3) is 6.28. The van der Waals surface area contributed by atoms with Crippen molar-refractivity contribution in [3.05, 3.63) is 70.3 Å². The van der Waals surface area contributed by atoms with E-state index in [-0.39, 0.29) is 5.57 Å². The van der Waals surface area contributed by atoms with Crippen molar-refractivity contribution in [3.8, 4) is 6.07 Å². The molecule has 0 aliphatic rings. The van der Waals surface area contributed by atoms with Crippen LogP contribution in [0.3, 0.4) is 0 Å². The molecule has 1 N–H and O–H groups in total. The Balaban J connectivity index is 2.02. The summed E-state index contributed by atoms with van der Waals surface area (Å²) in [6.45, 7) is 2.40. The van der Waals surface area contributed by atoms with E-state index in [2.05, 4.69) is 5.32 Å². The van der Waals surface area contributed by atoms with Gasteiger partial charge in [0, 0.05) is 10.7 Å². The molecule has 2 aromatic carbocycles. The average molecular weight is 383 g/mol. The van der Waals surface area contributed by atoms with Gasteiger partial charge in [0.15, 0.2) is 0 Å². The lowest BCUT2D eigenvalue weighted by Crippen LogP contribution is -2.13. The number of benzene rings is 2. The molecule has 0 saturated carbocycles. The average Bonchev–Trinajstić information content (AvgIpc) is 2.68. The Morgan fingerprint density at radius 2 is 1.81 bits per heavy atom. The monoisotopic (exact) mass is 382 g/mol. The molecule has 0 radical (unpaired) electrons. The lowest BCUT2D eigenvalue weighted by atomic mass is 10.1. The van der Waals surface area contributed by atoms with Crippen molar-refractivity contribution in [2.24, 2.45) is 0 Å². The molecule has 0 fully saturated rings. The highest BCUT2D eigenvalue weighted by Gasteiger charge is 2.11. The highest BCUT2D eigenvalue weighted by molar-refractivity contribution is 6.30. The molecule has 27 heavy (non-hydrogen) atoms. The van der Waals surface area contributed by atoms with Crippen LogP contribution >= 0.6 is 11.6 Å². The number of nitrogens with one attached hydrogen (secondary N) is 1. The van der Waals surface area contributed by atoms with E-state index >= 15 is 0 Å². The van der Waals surface area contributed by atoms with Gasteiger partial charge in [-0.05, 0) is 54.5 Å². The summed E-state index contributed by atoms with van der Waals surface area (Å²) in [5.41, 5.74) is 1.53. The Morgan fingerprint density at radius 3 is 2.41 bits per heavy atom. The number of ether oxygens (including phenoxy) is 1. The van der Waals surface area contributed by atoms with E-state index in [1.165, 1.54) is 6.08 Å². The Bertz CT molecular complexity index is 866. The SMILES string of the molecule is CCCCOC(=O)c1ccc(NC(=O)C(C#N)=Cc2ccc(Cl)cc2)cc1. The van der Waals surface area contributed by atoms with Crippen LogP contribution in [-0.4, -0.2) is 18.5 Å². The van der Waals surface area contributed by atoms with Crippen LogP contribution < -0.4 is 5.32 Å². The third-order valence-corrected chi connectivity index (χ3v) is 3.91. The smallest absolute Gasteiger partial charge is 0.338 e. The Kier molecular flexibility index (Phi) is 7.60. The first-order chi connectivity index (χ1) is 13.0. The molecule has 138 valence electrons. The van der Waals surface area contributed by atoms with Gasteiger partial charge in [-0.3, -0.25) is 4.79 Å². The van der Waals surface area contributed by atoms with Gasteiger partial charge in [0.2, 0.25) is 0 Å². The molecule has 6 heteroatoms. The van der Waals surface area contributed by atoms with Crippen LogP contribution in [0.4, 0.5) is 5.69 Å². The molecular weight excluding hydrogens is 364 g/mol. The van der Waals surface area contributed by atoms with Crippen LogP contribution in [0.2, 0.25) is 5.02 Å². The van der Waals surface area contributed by atoms with Gasteiger partial charge in [-0.2, -0.15) is 5.26 Å². The number of halogens is 1. The fourth-order valence-corrected chi connectivity index (χ4v) is 2.28. The number of unbranched alkanes of at least 4 members (excludes halogenated alkanes) is 1. The number of hydrogen-bond donors (Lipinski definition) is 1. The zero-order valence-corrected chi connectivity index (χ0v) is 15.6. The van der Waals surface area contributed by atoms with E-state index in [4.69, 9.17) is 16.3 Å². The molecule has 0 bridgehead atoms. The summed E-state index contributed by atoms with van der Waals surface area (Å²) >= 11 is 5.82. The van der Waals surface area contributed by atoms with E-state index in [0.29, 0.717) is 28.4 Å². The number of amides is 1. The standard InChI is InChI=1S/C21H19ClN2O3/c1-2-3-12-27-21(26)16-6-10-19(11-7-16)24-20(25)17(14-23)13-15-4-8-18(22)9-5-15/h4-11,13H,2-3,12H2,1H3,(H,24,25). The number of nitriles is 1. The summed E-state index contributed by atoms with van der Waals surface area (Å²) in [6.07, 6.45) is 3.24. The number of esters is 1. The van der Waals surface area contributed by atoms with E-state index in [9.17, 15) is 14.9 Å². The Labute approximate surface area is 163 Å². The second-order valence-corrected chi connectivity index (χ2v) is 6.18. The minimum Gasteiger partial charge on any atom is -0.462 e. The number of anilines is 1. The summed E-state index contributed by atoms with van der Waals surface area (Å²) in [5.74, 6) is -0.938. The van der Waals surface area contributed by atoms with Gasteiger partial charge in [0.1, 0.15) is 11.6 Å². The summed E-state index contributed by atoms with van der Waals surface area (Å²) < 4.78 is 5.13. The predicted octanol–water partition coefficient (Wildman–Crippen LogP) is 4.84. The number of nitrogens with zero attached hydrogens (tertiary/aromatic N) is 1. The molecule has 0 aromatic heterocycles. The molecule has 0 heterocycles. The Hall–Kier alpha value is -3.10. The molecule has 5 nitrogen and oxygen atoms in total. The van der Waals surface area contributed by atoms with Gasteiger partial charge in [-0.1, -0.05) is 37.1 Å². The maximum absolute atomic E-state index is 12.3. The highest BCUT2D eigenvalue weighted by atomic mass is 35.5. The lowest BCUT2D eigenvalue weighted by Gasteiger charge is -2.07. The molecule has 0 unspecified atom stereocenters. The van der Waals surface area contributed by atoms with Crippen molar-refractivity contribution in [3.63, 3.8) is 0 Å². The minimum atomic E-state index is -0.536. The normalized spacial score (nSPS) is 10.8. The molecule has 2 rings (SSSR count). The van der Waals surface area contributed by atoms with Crippen LogP contribution in [0.15, 0.2) is 54.1 Å². The molecular formula is C21H19ClN2O3. The van der Waals surface area contributed by atoms with Gasteiger partial charge >= 0.3 is 5.97 Å². The third-order valence-electron chi connectivity index (χ3n) is 3.66. The molecule has 0 atom stereocenters. The van der Waals surface area contributed by atoms with Gasteiger partial charge in [0.05, 0.1) is 12.2 Å². The zero-order valence-electron chi connectivity index (χ0n) is 14.9. The fourth-order valence-electron chi connectivity index (χ4n) is 2.15. The van der Waals surface area contributed by atoms with Crippen LogP contribution in [0.1, 0.15) is 35.7 Å². The van der Waals surface area contributed by atoms with E-state index < -0.39 is 11.9 Å². The van der Waals surface area contributed by atoms with Crippen molar-refractivity contribution in [1.29, 1.82) is 5.26 Å². The van der Waals surface area contributed by atoms with Gasteiger partial charge < -0.3 is 10.1 Å². The number of carbonyl (C=O) groups excluding carboxylic acids is 2. The summed E-state index contributed by atoms with van der Waals surface area (Å²) in [7, 11) is 0. The molecule has 0 saturated heterocycles. The van der Waals surface area contributed by atoms with Crippen LogP contribution in [0.25, 0.3) is 6.08 Å². The second-order valence-electron chi connectivity index (χ2n) is 5.74. The van der Waals surface area contributed by atoms with Crippen LogP contribution in [-0.2, 0) is 9.53 Å². The summed E-state index contributed by atoms with van der Waals surface area (Å²) in [6, 6.07) is 15.0. The first-order valence-corrected chi connectivity index (χ1v) is 8.87. The largest absolute Gasteiger partial charge is 0.462 e. The first kappa shape index (κ1) is 20.2. The molecule has 0 spiro atoms. The fraction of sp³-hybridized carbons (Fsp3) is 0.190. The van der Waals surface area contributed by atoms with Crippen LogP contribution in [0.5, 0.6) is 0 Å². The maximum atomic E-state index is 12.3.